The lowest BCUT2D eigenvalue weighted by Gasteiger charge is -2.36. The second-order valence-electron chi connectivity index (χ2n) is 8.57. The van der Waals surface area contributed by atoms with Crippen molar-refractivity contribution in [3.63, 3.8) is 0 Å². The van der Waals surface area contributed by atoms with Gasteiger partial charge in [0, 0.05) is 47.3 Å². The quantitative estimate of drug-likeness (QED) is 0.384. The van der Waals surface area contributed by atoms with Crippen LogP contribution in [0.1, 0.15) is 11.3 Å². The maximum Gasteiger partial charge on any atom is 0.274 e. The van der Waals surface area contributed by atoms with E-state index >= 15 is 0 Å². The van der Waals surface area contributed by atoms with E-state index in [0.29, 0.717) is 39.6 Å². The fourth-order valence-electron chi connectivity index (χ4n) is 4.46. The van der Waals surface area contributed by atoms with Crippen LogP contribution >= 0.6 is 15.9 Å². The van der Waals surface area contributed by atoms with Gasteiger partial charge in [-0.2, -0.15) is 5.10 Å². The topological polar surface area (TPSA) is 58.4 Å². The van der Waals surface area contributed by atoms with Crippen LogP contribution in [0.5, 0.6) is 0 Å². The number of benzene rings is 3. The number of aromatic nitrogens is 2. The monoisotopic (exact) mass is 534 g/mol. The first-order valence-electron chi connectivity index (χ1n) is 11.5. The van der Waals surface area contributed by atoms with E-state index in [1.165, 1.54) is 10.7 Å². The maximum atomic E-state index is 14.5. The predicted molar refractivity (Wildman–Crippen MR) is 138 cm³/mol. The van der Waals surface area contributed by atoms with Gasteiger partial charge in [0.15, 0.2) is 0 Å². The van der Waals surface area contributed by atoms with Gasteiger partial charge in [0.1, 0.15) is 5.82 Å². The molecule has 35 heavy (non-hydrogen) atoms. The highest BCUT2D eigenvalue weighted by atomic mass is 79.9. The van der Waals surface area contributed by atoms with Crippen LogP contribution in [-0.4, -0.2) is 46.8 Å². The molecule has 2 heterocycles. The van der Waals surface area contributed by atoms with Crippen molar-refractivity contribution in [1.29, 1.82) is 0 Å². The molecule has 0 N–H and O–H groups in total. The number of fused-ring (bicyclic) bond motifs is 1. The van der Waals surface area contributed by atoms with Gasteiger partial charge in [-0.3, -0.25) is 9.59 Å². The molecule has 1 amide bonds. The number of carbonyl (C=O) groups excluding carboxylic acids is 1. The van der Waals surface area contributed by atoms with Crippen LogP contribution in [0, 0.1) is 5.82 Å². The van der Waals surface area contributed by atoms with Crippen molar-refractivity contribution in [1.82, 2.24) is 14.7 Å². The zero-order valence-electron chi connectivity index (χ0n) is 19.0. The van der Waals surface area contributed by atoms with E-state index in [2.05, 4.69) is 38.1 Å². The number of hydrogen-bond acceptors (Lipinski definition) is 4. The zero-order valence-corrected chi connectivity index (χ0v) is 20.6. The van der Waals surface area contributed by atoms with E-state index in [1.54, 1.807) is 24.3 Å². The molecule has 0 saturated carbocycles. The average molecular weight is 535 g/mol. The number of amides is 1. The molecule has 3 aromatic carbocycles. The fraction of sp³-hybridized carbons (Fsp3) is 0.222. The molecule has 178 valence electrons. The van der Waals surface area contributed by atoms with Crippen LogP contribution in [0.4, 0.5) is 10.1 Å². The van der Waals surface area contributed by atoms with Gasteiger partial charge in [0.25, 0.3) is 5.56 Å². The Morgan fingerprint density at radius 1 is 0.914 bits per heavy atom. The molecule has 1 aliphatic heterocycles. The lowest BCUT2D eigenvalue weighted by atomic mass is 10.1. The molecule has 0 aliphatic carbocycles. The summed E-state index contributed by atoms with van der Waals surface area (Å²) in [6, 6.07) is 22.0. The van der Waals surface area contributed by atoms with Crippen molar-refractivity contribution in [2.75, 3.05) is 31.1 Å². The molecule has 1 saturated heterocycles. The summed E-state index contributed by atoms with van der Waals surface area (Å²) in [7, 11) is 0. The van der Waals surface area contributed by atoms with Gasteiger partial charge in [-0.1, -0.05) is 58.4 Å². The summed E-state index contributed by atoms with van der Waals surface area (Å²) in [6.45, 7) is 2.74. The molecule has 5 rings (SSSR count). The smallest absolute Gasteiger partial charge is 0.274 e. The third-order valence-electron chi connectivity index (χ3n) is 6.35. The summed E-state index contributed by atoms with van der Waals surface area (Å²) >= 11 is 3.25. The van der Waals surface area contributed by atoms with Crippen molar-refractivity contribution < 1.29 is 9.18 Å². The Kier molecular flexibility index (Phi) is 6.63. The SMILES string of the molecule is O=C(Cc1nn(Cc2ccc(Br)cc2F)c(=O)c2ccccc12)N1CCN(c2ccccc2)CC1. The number of hydrogen-bond donors (Lipinski definition) is 0. The summed E-state index contributed by atoms with van der Waals surface area (Å²) in [5, 5.41) is 5.65. The molecule has 0 bridgehead atoms. The molecule has 0 unspecified atom stereocenters. The van der Waals surface area contributed by atoms with Crippen LogP contribution in [0.15, 0.2) is 82.1 Å². The van der Waals surface area contributed by atoms with E-state index in [0.717, 1.165) is 18.8 Å². The normalized spacial score (nSPS) is 13.9. The van der Waals surface area contributed by atoms with Crippen molar-refractivity contribution in [2.24, 2.45) is 0 Å². The van der Waals surface area contributed by atoms with Gasteiger partial charge >= 0.3 is 0 Å². The number of anilines is 1. The number of carbonyl (C=O) groups is 1. The molecule has 6 nitrogen and oxygen atoms in total. The van der Waals surface area contributed by atoms with Crippen molar-refractivity contribution in [3.05, 3.63) is 105 Å². The van der Waals surface area contributed by atoms with Crippen LogP contribution in [0.3, 0.4) is 0 Å². The third-order valence-corrected chi connectivity index (χ3v) is 6.85. The van der Waals surface area contributed by atoms with Crippen molar-refractivity contribution in [2.45, 2.75) is 13.0 Å². The van der Waals surface area contributed by atoms with Gasteiger partial charge < -0.3 is 9.80 Å². The van der Waals surface area contributed by atoms with E-state index in [4.69, 9.17) is 0 Å². The molecule has 0 radical (unpaired) electrons. The highest BCUT2D eigenvalue weighted by Gasteiger charge is 2.23. The van der Waals surface area contributed by atoms with E-state index in [-0.39, 0.29) is 24.4 Å². The standard InChI is InChI=1S/C27H24BrFN4O2/c28-20-11-10-19(24(29)16-20)18-33-27(35)23-9-5-4-8-22(23)25(30-33)17-26(34)32-14-12-31(13-15-32)21-6-2-1-3-7-21/h1-11,16H,12-15,17-18H2. The van der Waals surface area contributed by atoms with Gasteiger partial charge in [-0.25, -0.2) is 9.07 Å². The largest absolute Gasteiger partial charge is 0.368 e. The zero-order chi connectivity index (χ0) is 24.4. The highest BCUT2D eigenvalue weighted by Crippen LogP contribution is 2.19. The Labute approximate surface area is 210 Å². The van der Waals surface area contributed by atoms with Gasteiger partial charge in [0.05, 0.1) is 24.0 Å². The summed E-state index contributed by atoms with van der Waals surface area (Å²) in [5.41, 5.74) is 1.72. The first kappa shape index (κ1) is 23.2. The Morgan fingerprint density at radius 2 is 1.60 bits per heavy atom. The Hall–Kier alpha value is -3.52. The fourth-order valence-corrected chi connectivity index (χ4v) is 4.80. The molecular formula is C27H24BrFN4O2. The lowest BCUT2D eigenvalue weighted by molar-refractivity contribution is -0.130. The van der Waals surface area contributed by atoms with Crippen LogP contribution < -0.4 is 10.5 Å². The number of halogens is 2. The molecule has 1 aliphatic rings. The lowest BCUT2D eigenvalue weighted by Crippen LogP contribution is -2.49. The minimum atomic E-state index is -0.421. The summed E-state index contributed by atoms with van der Waals surface area (Å²) < 4.78 is 16.3. The Balaban J connectivity index is 1.38. The highest BCUT2D eigenvalue weighted by molar-refractivity contribution is 9.10. The van der Waals surface area contributed by atoms with Crippen LogP contribution in [0.25, 0.3) is 10.8 Å². The molecule has 1 fully saturated rings. The maximum absolute atomic E-state index is 14.5. The molecule has 4 aromatic rings. The molecule has 0 atom stereocenters. The third kappa shape index (κ3) is 4.98. The minimum Gasteiger partial charge on any atom is -0.368 e. The van der Waals surface area contributed by atoms with Crippen molar-refractivity contribution >= 4 is 38.3 Å². The van der Waals surface area contributed by atoms with Crippen molar-refractivity contribution in [3.8, 4) is 0 Å². The Morgan fingerprint density at radius 3 is 2.31 bits per heavy atom. The van der Waals surface area contributed by atoms with E-state index in [9.17, 15) is 14.0 Å². The second-order valence-corrected chi connectivity index (χ2v) is 9.49. The second kappa shape index (κ2) is 10.00. The number of rotatable bonds is 5. The number of piperazine rings is 1. The summed E-state index contributed by atoms with van der Waals surface area (Å²) in [6.07, 6.45) is 0.0783. The average Bonchev–Trinajstić information content (AvgIpc) is 2.89. The molecular weight excluding hydrogens is 511 g/mol. The Bertz CT molecular complexity index is 1430. The first-order chi connectivity index (χ1) is 17.0. The van der Waals surface area contributed by atoms with Gasteiger partial charge in [-0.15, -0.1) is 0 Å². The molecule has 1 aromatic heterocycles. The van der Waals surface area contributed by atoms with E-state index in [1.807, 2.05) is 35.2 Å². The van der Waals surface area contributed by atoms with Gasteiger partial charge in [0.2, 0.25) is 5.91 Å². The minimum absolute atomic E-state index is 0.0142. The first-order valence-corrected chi connectivity index (χ1v) is 12.3. The molecule has 0 spiro atoms. The summed E-state index contributed by atoms with van der Waals surface area (Å²) in [4.78, 5) is 30.4. The number of nitrogens with zero attached hydrogens (tertiary/aromatic N) is 4. The number of para-hydroxylation sites is 1. The predicted octanol–water partition coefficient (Wildman–Crippen LogP) is 4.24. The summed E-state index contributed by atoms with van der Waals surface area (Å²) in [5.74, 6) is -0.453. The molecule has 8 heteroatoms. The van der Waals surface area contributed by atoms with E-state index < -0.39 is 5.82 Å². The van der Waals surface area contributed by atoms with Crippen LogP contribution in [0.2, 0.25) is 0 Å². The van der Waals surface area contributed by atoms with Gasteiger partial charge in [-0.05, 0) is 30.3 Å². The van der Waals surface area contributed by atoms with Crippen LogP contribution in [-0.2, 0) is 17.8 Å².